The molecule has 0 spiro atoms. The van der Waals surface area contributed by atoms with Crippen LogP contribution in [0.15, 0.2) is 29.2 Å². The van der Waals surface area contributed by atoms with Gasteiger partial charge in [-0.05, 0) is 66.5 Å². The van der Waals surface area contributed by atoms with Crippen LogP contribution in [0.1, 0.15) is 59.9 Å². The number of aryl methyl sites for hydroxylation is 1. The van der Waals surface area contributed by atoms with Crippen molar-refractivity contribution in [1.82, 2.24) is 9.62 Å². The second-order valence-electron chi connectivity index (χ2n) is 9.00. The summed E-state index contributed by atoms with van der Waals surface area (Å²) in [5.41, 5.74) is -2.39. The smallest absolute Gasteiger partial charge is 0.424 e. The summed E-state index contributed by atoms with van der Waals surface area (Å²) in [6, 6.07) is 5.90. The first-order chi connectivity index (χ1) is 16.6. The van der Waals surface area contributed by atoms with Crippen LogP contribution in [0, 0.1) is 6.92 Å². The molecule has 0 aromatic heterocycles. The molecule has 1 rings (SSSR count). The molecule has 0 aliphatic rings. The monoisotopic (exact) mass is 528 g/mol. The summed E-state index contributed by atoms with van der Waals surface area (Å²) in [5, 5.41) is 2.31. The van der Waals surface area contributed by atoms with Gasteiger partial charge in [0, 0.05) is 13.5 Å². The lowest BCUT2D eigenvalue weighted by Crippen LogP contribution is -2.61. The van der Waals surface area contributed by atoms with Crippen LogP contribution in [0.3, 0.4) is 0 Å². The number of ether oxygens (including phenoxy) is 3. The summed E-state index contributed by atoms with van der Waals surface area (Å²) in [7, 11) is -4.35. The van der Waals surface area contributed by atoms with Crippen LogP contribution in [-0.2, 0) is 38.6 Å². The fourth-order valence-electron chi connectivity index (χ4n) is 3.21. The molecule has 0 unspecified atom stereocenters. The highest BCUT2D eigenvalue weighted by Gasteiger charge is 2.50. The van der Waals surface area contributed by atoms with E-state index in [1.54, 1.807) is 39.8 Å². The molecule has 0 aliphatic carbocycles. The maximum absolute atomic E-state index is 13.3. The van der Waals surface area contributed by atoms with Gasteiger partial charge in [-0.3, -0.25) is 4.79 Å². The lowest BCUT2D eigenvalue weighted by molar-refractivity contribution is -0.168. The normalized spacial score (nSPS) is 11.9. The number of nitrogens with zero attached hydrogens (tertiary/aromatic N) is 1. The van der Waals surface area contributed by atoms with Crippen molar-refractivity contribution >= 4 is 34.0 Å². The Morgan fingerprint density at radius 3 is 1.86 bits per heavy atom. The molecular weight excluding hydrogens is 492 g/mol. The average Bonchev–Trinajstić information content (AvgIpc) is 2.74. The first-order valence-corrected chi connectivity index (χ1v) is 13.0. The largest absolute Gasteiger partial charge is 0.464 e. The number of esters is 2. The van der Waals surface area contributed by atoms with Crippen LogP contribution < -0.4 is 5.32 Å². The topological polar surface area (TPSA) is 145 Å². The molecule has 12 heteroatoms. The maximum Gasteiger partial charge on any atom is 0.424 e. The van der Waals surface area contributed by atoms with E-state index in [4.69, 9.17) is 14.2 Å². The van der Waals surface area contributed by atoms with Gasteiger partial charge in [0.1, 0.15) is 5.60 Å². The highest BCUT2D eigenvalue weighted by molar-refractivity contribution is 7.89. The quantitative estimate of drug-likeness (QED) is 0.260. The number of rotatable bonds is 11. The summed E-state index contributed by atoms with van der Waals surface area (Å²) >= 11 is 0. The minimum atomic E-state index is -4.35. The Kier molecular flexibility index (Phi) is 10.9. The number of carbonyl (C=O) groups is 4. The molecule has 1 N–H and O–H groups in total. The van der Waals surface area contributed by atoms with Crippen molar-refractivity contribution in [2.24, 2.45) is 0 Å². The van der Waals surface area contributed by atoms with Gasteiger partial charge in [0.25, 0.3) is 10.0 Å². The van der Waals surface area contributed by atoms with E-state index in [-0.39, 0.29) is 24.5 Å². The average molecular weight is 529 g/mol. The van der Waals surface area contributed by atoms with Gasteiger partial charge in [0.05, 0.1) is 18.1 Å². The summed E-state index contributed by atoms with van der Waals surface area (Å²) in [5.74, 6) is -2.81. The van der Waals surface area contributed by atoms with E-state index in [0.717, 1.165) is 12.5 Å². The van der Waals surface area contributed by atoms with Crippen LogP contribution in [0.5, 0.6) is 0 Å². The van der Waals surface area contributed by atoms with Crippen LogP contribution in [0.25, 0.3) is 0 Å². The van der Waals surface area contributed by atoms with Crippen LogP contribution in [0.2, 0.25) is 0 Å². The Morgan fingerprint density at radius 2 is 1.44 bits per heavy atom. The molecule has 0 fully saturated rings. The highest BCUT2D eigenvalue weighted by Crippen LogP contribution is 2.24. The van der Waals surface area contributed by atoms with E-state index in [0.29, 0.717) is 4.31 Å². The van der Waals surface area contributed by atoms with E-state index in [1.807, 2.05) is 0 Å². The van der Waals surface area contributed by atoms with Crippen molar-refractivity contribution in [3.8, 4) is 0 Å². The molecule has 0 saturated carbocycles. The molecule has 0 saturated heterocycles. The molecule has 1 aromatic carbocycles. The lowest BCUT2D eigenvalue weighted by atomic mass is 9.93. The molecular formula is C24H36N2O9S. The Hall–Kier alpha value is -3.15. The zero-order valence-corrected chi connectivity index (χ0v) is 22.7. The van der Waals surface area contributed by atoms with Gasteiger partial charge >= 0.3 is 18.0 Å². The summed E-state index contributed by atoms with van der Waals surface area (Å²) in [6.45, 7) is 10.1. The molecule has 0 bridgehead atoms. The fourth-order valence-corrected chi connectivity index (χ4v) is 4.55. The Morgan fingerprint density at radius 1 is 0.944 bits per heavy atom. The van der Waals surface area contributed by atoms with Gasteiger partial charge < -0.3 is 19.5 Å². The number of hydrogen-bond acceptors (Lipinski definition) is 9. The standard InChI is InChI=1S/C24H36N2O9S/c1-8-33-20(28)24(25-18(4)27,21(29)34-9-2)15-10-16-26(22(30)35-23(5,6)7)36(31,32)19-13-11-17(3)12-14-19/h11-14H,8-10,15-16H2,1-7H3,(H,25,27). The predicted octanol–water partition coefficient (Wildman–Crippen LogP) is 2.70. The van der Waals surface area contributed by atoms with Gasteiger partial charge in [0.2, 0.25) is 11.4 Å². The van der Waals surface area contributed by atoms with E-state index >= 15 is 0 Å². The second kappa shape index (κ2) is 12.7. The van der Waals surface area contributed by atoms with Crippen molar-refractivity contribution in [3.63, 3.8) is 0 Å². The number of nitrogens with one attached hydrogen (secondary N) is 1. The van der Waals surface area contributed by atoms with Gasteiger partial charge in [0.15, 0.2) is 0 Å². The van der Waals surface area contributed by atoms with Crippen molar-refractivity contribution < 1.29 is 41.8 Å². The van der Waals surface area contributed by atoms with Crippen LogP contribution >= 0.6 is 0 Å². The summed E-state index contributed by atoms with van der Waals surface area (Å²) in [6.07, 6.45) is -1.73. The SMILES string of the molecule is CCOC(=O)C(CCCN(C(=O)OC(C)(C)C)S(=O)(=O)c1ccc(C)cc1)(NC(C)=O)C(=O)OCC. The zero-order valence-electron chi connectivity index (χ0n) is 21.9. The minimum Gasteiger partial charge on any atom is -0.464 e. The first kappa shape index (κ1) is 30.9. The minimum absolute atomic E-state index is 0.0780. The summed E-state index contributed by atoms with van der Waals surface area (Å²) in [4.78, 5) is 50.3. The molecule has 2 amide bonds. The van der Waals surface area contributed by atoms with E-state index in [1.165, 1.54) is 26.0 Å². The number of amides is 2. The Labute approximate surface area is 212 Å². The van der Waals surface area contributed by atoms with Crippen LogP contribution in [0.4, 0.5) is 4.79 Å². The maximum atomic E-state index is 13.3. The van der Waals surface area contributed by atoms with Crippen molar-refractivity contribution in [1.29, 1.82) is 0 Å². The van der Waals surface area contributed by atoms with Gasteiger partial charge in [-0.2, -0.15) is 0 Å². The number of benzene rings is 1. The molecule has 36 heavy (non-hydrogen) atoms. The number of carbonyl (C=O) groups excluding carboxylic acids is 4. The van der Waals surface area contributed by atoms with Gasteiger partial charge in [-0.25, -0.2) is 27.1 Å². The van der Waals surface area contributed by atoms with Crippen molar-refractivity contribution in [2.45, 2.75) is 77.3 Å². The summed E-state index contributed by atoms with van der Waals surface area (Å²) < 4.78 is 42.6. The van der Waals surface area contributed by atoms with E-state index < -0.39 is 58.1 Å². The molecule has 0 radical (unpaired) electrons. The molecule has 1 aromatic rings. The second-order valence-corrected chi connectivity index (χ2v) is 10.9. The fraction of sp³-hybridized carbons (Fsp3) is 0.583. The van der Waals surface area contributed by atoms with Crippen molar-refractivity contribution in [2.75, 3.05) is 19.8 Å². The number of sulfonamides is 1. The van der Waals surface area contributed by atoms with E-state index in [9.17, 15) is 27.6 Å². The third kappa shape index (κ3) is 8.21. The van der Waals surface area contributed by atoms with E-state index in [2.05, 4.69) is 5.32 Å². The number of hydrogen-bond donors (Lipinski definition) is 1. The zero-order chi connectivity index (χ0) is 27.7. The molecule has 0 aliphatic heterocycles. The molecule has 11 nitrogen and oxygen atoms in total. The molecule has 202 valence electrons. The van der Waals surface area contributed by atoms with Crippen molar-refractivity contribution in [3.05, 3.63) is 29.8 Å². The predicted molar refractivity (Wildman–Crippen MR) is 130 cm³/mol. The Balaban J connectivity index is 3.39. The van der Waals surface area contributed by atoms with Gasteiger partial charge in [-0.15, -0.1) is 0 Å². The third-order valence-corrected chi connectivity index (χ3v) is 6.54. The molecule has 0 atom stereocenters. The molecule has 0 heterocycles. The van der Waals surface area contributed by atoms with Crippen LogP contribution in [-0.4, -0.2) is 67.6 Å². The highest BCUT2D eigenvalue weighted by atomic mass is 32.2. The Bertz CT molecular complexity index is 1030. The van der Waals surface area contributed by atoms with Gasteiger partial charge in [-0.1, -0.05) is 17.7 Å². The third-order valence-electron chi connectivity index (χ3n) is 4.76. The lowest BCUT2D eigenvalue weighted by Gasteiger charge is -2.31. The first-order valence-electron chi connectivity index (χ1n) is 11.6.